The normalized spacial score (nSPS) is 11.9. The predicted octanol–water partition coefficient (Wildman–Crippen LogP) is 4.64. The molecule has 114 valence electrons. The van der Waals surface area contributed by atoms with E-state index in [1.165, 1.54) is 18.7 Å². The number of aromatic nitrogens is 4. The average Bonchev–Trinajstić information content (AvgIpc) is 2.89. The van der Waals surface area contributed by atoms with Crippen LogP contribution in [0.3, 0.4) is 0 Å². The molecule has 2 heterocycles. The second kappa shape index (κ2) is 5.51. The molecule has 10 heteroatoms. The molecule has 0 aliphatic carbocycles. The highest BCUT2D eigenvalue weighted by Crippen LogP contribution is 2.42. The van der Waals surface area contributed by atoms with E-state index < -0.39 is 11.7 Å². The van der Waals surface area contributed by atoms with Gasteiger partial charge in [0.25, 0.3) is 0 Å². The quantitative estimate of drug-likeness (QED) is 0.614. The van der Waals surface area contributed by atoms with E-state index in [1.807, 2.05) is 0 Å². The standard InChI is InChI=1S/C12H6Br2F3N5/c13-5-1-6(12(15,16)17)8(7(14)2-5)22-11-9-10(19-3-18-9)20-4-21-11/h1-4H,(H2,18,19,20,21,22). The van der Waals surface area contributed by atoms with E-state index in [0.29, 0.717) is 15.6 Å². The highest BCUT2D eigenvalue weighted by Gasteiger charge is 2.35. The molecular formula is C12H6Br2F3N5. The Morgan fingerprint density at radius 3 is 2.59 bits per heavy atom. The third-order valence-corrected chi connectivity index (χ3v) is 3.90. The number of H-pyrrole nitrogens is 1. The fraction of sp³-hybridized carbons (Fsp3) is 0.0833. The lowest BCUT2D eigenvalue weighted by atomic mass is 10.1. The highest BCUT2D eigenvalue weighted by atomic mass is 79.9. The number of rotatable bonds is 2. The van der Waals surface area contributed by atoms with Gasteiger partial charge in [-0.1, -0.05) is 15.9 Å². The van der Waals surface area contributed by atoms with Gasteiger partial charge in [-0.05, 0) is 28.1 Å². The number of hydrogen-bond donors (Lipinski definition) is 2. The summed E-state index contributed by atoms with van der Waals surface area (Å²) in [7, 11) is 0. The van der Waals surface area contributed by atoms with Crippen LogP contribution in [-0.4, -0.2) is 19.9 Å². The third kappa shape index (κ3) is 2.80. The molecule has 0 bridgehead atoms. The lowest BCUT2D eigenvalue weighted by molar-refractivity contribution is -0.137. The van der Waals surface area contributed by atoms with Crippen LogP contribution in [-0.2, 0) is 6.18 Å². The van der Waals surface area contributed by atoms with Crippen LogP contribution in [0, 0.1) is 0 Å². The van der Waals surface area contributed by atoms with Crippen LogP contribution in [0.15, 0.2) is 33.7 Å². The summed E-state index contributed by atoms with van der Waals surface area (Å²) >= 11 is 6.20. The van der Waals surface area contributed by atoms with E-state index in [2.05, 4.69) is 57.1 Å². The van der Waals surface area contributed by atoms with Crippen molar-refractivity contribution in [2.24, 2.45) is 0 Å². The Morgan fingerprint density at radius 2 is 1.86 bits per heavy atom. The van der Waals surface area contributed by atoms with Crippen molar-refractivity contribution in [1.82, 2.24) is 19.9 Å². The molecule has 0 amide bonds. The molecule has 0 aliphatic heterocycles. The van der Waals surface area contributed by atoms with Gasteiger partial charge >= 0.3 is 6.18 Å². The second-order valence-electron chi connectivity index (χ2n) is 4.25. The number of alkyl halides is 3. The van der Waals surface area contributed by atoms with Crippen LogP contribution in [0.25, 0.3) is 11.2 Å². The lowest BCUT2D eigenvalue weighted by Crippen LogP contribution is -2.10. The first-order valence-corrected chi connectivity index (χ1v) is 7.42. The second-order valence-corrected chi connectivity index (χ2v) is 6.02. The molecule has 3 rings (SSSR count). The number of nitrogens with zero attached hydrogens (tertiary/aromatic N) is 3. The highest BCUT2D eigenvalue weighted by molar-refractivity contribution is 9.11. The molecule has 0 atom stereocenters. The summed E-state index contributed by atoms with van der Waals surface area (Å²) in [4.78, 5) is 14.7. The molecule has 5 nitrogen and oxygen atoms in total. The molecule has 0 unspecified atom stereocenters. The molecule has 0 saturated heterocycles. The number of halogens is 5. The van der Waals surface area contributed by atoms with E-state index >= 15 is 0 Å². The van der Waals surface area contributed by atoms with Gasteiger partial charge in [0.2, 0.25) is 0 Å². The summed E-state index contributed by atoms with van der Waals surface area (Å²) in [6.07, 6.45) is -1.89. The Morgan fingerprint density at radius 1 is 1.09 bits per heavy atom. The molecule has 2 N–H and O–H groups in total. The van der Waals surface area contributed by atoms with E-state index in [4.69, 9.17) is 0 Å². The lowest BCUT2D eigenvalue weighted by Gasteiger charge is -2.16. The maximum absolute atomic E-state index is 13.2. The van der Waals surface area contributed by atoms with Crippen LogP contribution in [0.4, 0.5) is 24.7 Å². The molecule has 0 radical (unpaired) electrons. The predicted molar refractivity (Wildman–Crippen MR) is 81.8 cm³/mol. The molecule has 2 aromatic heterocycles. The van der Waals surface area contributed by atoms with Crippen molar-refractivity contribution in [1.29, 1.82) is 0 Å². The van der Waals surface area contributed by atoms with Gasteiger partial charge < -0.3 is 10.3 Å². The molecule has 0 fully saturated rings. The van der Waals surface area contributed by atoms with Crippen molar-refractivity contribution in [3.63, 3.8) is 0 Å². The number of benzene rings is 1. The van der Waals surface area contributed by atoms with Crippen molar-refractivity contribution >= 4 is 54.5 Å². The molecule has 1 aromatic carbocycles. The van der Waals surface area contributed by atoms with Gasteiger partial charge in [-0.25, -0.2) is 15.0 Å². The molecule has 22 heavy (non-hydrogen) atoms. The number of imidazole rings is 1. The number of anilines is 2. The topological polar surface area (TPSA) is 66.5 Å². The molecule has 0 aliphatic rings. The molecule has 0 saturated carbocycles. The summed E-state index contributed by atoms with van der Waals surface area (Å²) in [6, 6.07) is 2.51. The Bertz CT molecular complexity index is 846. The Labute approximate surface area is 138 Å². The van der Waals surface area contributed by atoms with Crippen molar-refractivity contribution in [2.75, 3.05) is 5.32 Å². The number of hydrogen-bond acceptors (Lipinski definition) is 4. The van der Waals surface area contributed by atoms with Crippen LogP contribution >= 0.6 is 31.9 Å². The fourth-order valence-electron chi connectivity index (χ4n) is 1.90. The fourth-order valence-corrected chi connectivity index (χ4v) is 3.22. The van der Waals surface area contributed by atoms with Crippen molar-refractivity contribution in [3.8, 4) is 0 Å². The van der Waals surface area contributed by atoms with Gasteiger partial charge in [0.1, 0.15) is 6.33 Å². The smallest absolute Gasteiger partial charge is 0.337 e. The summed E-state index contributed by atoms with van der Waals surface area (Å²) in [5.74, 6) is 0.180. The van der Waals surface area contributed by atoms with Gasteiger partial charge in [-0.2, -0.15) is 13.2 Å². The van der Waals surface area contributed by atoms with Gasteiger partial charge in [0.15, 0.2) is 17.0 Å². The Hall–Kier alpha value is -1.68. The summed E-state index contributed by atoms with van der Waals surface area (Å²) < 4.78 is 40.2. The van der Waals surface area contributed by atoms with Crippen molar-refractivity contribution in [2.45, 2.75) is 6.18 Å². The van der Waals surface area contributed by atoms with Gasteiger partial charge in [0, 0.05) is 8.95 Å². The minimum absolute atomic E-state index is 0.140. The maximum Gasteiger partial charge on any atom is 0.418 e. The zero-order valence-corrected chi connectivity index (χ0v) is 13.7. The molecule has 3 aromatic rings. The summed E-state index contributed by atoms with van der Waals surface area (Å²) in [6.45, 7) is 0. The summed E-state index contributed by atoms with van der Waals surface area (Å²) in [5.41, 5.74) is -0.181. The van der Waals surface area contributed by atoms with E-state index in [1.54, 1.807) is 0 Å². The monoisotopic (exact) mass is 435 g/mol. The average molecular weight is 437 g/mol. The van der Waals surface area contributed by atoms with Crippen molar-refractivity contribution < 1.29 is 13.2 Å². The number of aromatic amines is 1. The zero-order valence-electron chi connectivity index (χ0n) is 10.5. The first-order chi connectivity index (χ1) is 10.4. The van der Waals surface area contributed by atoms with Crippen LogP contribution in [0.5, 0.6) is 0 Å². The minimum atomic E-state index is -4.52. The zero-order chi connectivity index (χ0) is 15.9. The largest absolute Gasteiger partial charge is 0.418 e. The minimum Gasteiger partial charge on any atom is -0.337 e. The van der Waals surface area contributed by atoms with E-state index in [9.17, 15) is 13.2 Å². The Kier molecular flexibility index (Phi) is 3.81. The SMILES string of the molecule is FC(F)(F)c1cc(Br)cc(Br)c1Nc1ncnc2[nH]cnc12. The summed E-state index contributed by atoms with van der Waals surface area (Å²) in [5, 5.41) is 2.68. The first-order valence-electron chi connectivity index (χ1n) is 5.83. The third-order valence-electron chi connectivity index (χ3n) is 2.82. The van der Waals surface area contributed by atoms with Crippen molar-refractivity contribution in [3.05, 3.63) is 39.3 Å². The van der Waals surface area contributed by atoms with Gasteiger partial charge in [-0.3, -0.25) is 0 Å². The molecular weight excluding hydrogens is 431 g/mol. The van der Waals surface area contributed by atoms with Crippen LogP contribution in [0.1, 0.15) is 5.56 Å². The Balaban J connectivity index is 2.15. The van der Waals surface area contributed by atoms with E-state index in [-0.39, 0.29) is 16.0 Å². The van der Waals surface area contributed by atoms with Gasteiger partial charge in [0.05, 0.1) is 17.6 Å². The van der Waals surface area contributed by atoms with E-state index in [0.717, 1.165) is 6.07 Å². The maximum atomic E-state index is 13.2. The first kappa shape index (κ1) is 15.2. The van der Waals surface area contributed by atoms with Gasteiger partial charge in [-0.15, -0.1) is 0 Å². The van der Waals surface area contributed by atoms with Crippen LogP contribution in [0.2, 0.25) is 0 Å². The number of nitrogens with one attached hydrogen (secondary N) is 2. The molecule has 0 spiro atoms. The van der Waals surface area contributed by atoms with Crippen LogP contribution < -0.4 is 5.32 Å². The number of fused-ring (bicyclic) bond motifs is 1.